The summed E-state index contributed by atoms with van der Waals surface area (Å²) in [4.78, 5) is 0. The molecular weight excluding hydrogens is 146 g/mol. The highest BCUT2D eigenvalue weighted by atomic mass is 32.2. The Morgan fingerprint density at radius 3 is 3.00 bits per heavy atom. The van der Waals surface area contributed by atoms with E-state index in [1.54, 1.807) is 0 Å². The molecule has 0 aromatic carbocycles. The minimum atomic E-state index is 0.299. The van der Waals surface area contributed by atoms with Crippen molar-refractivity contribution in [3.8, 4) is 0 Å². The van der Waals surface area contributed by atoms with Gasteiger partial charge >= 0.3 is 0 Å². The maximum absolute atomic E-state index is 8.66. The van der Waals surface area contributed by atoms with Crippen LogP contribution in [0.5, 0.6) is 0 Å². The molecule has 0 aromatic rings. The quantitative estimate of drug-likeness (QED) is 0.614. The summed E-state index contributed by atoms with van der Waals surface area (Å²) >= 11 is 1.88. The lowest BCUT2D eigenvalue weighted by Gasteiger charge is -2.15. The molecule has 0 amide bonds. The lowest BCUT2D eigenvalue weighted by atomic mass is 10.2. The molecule has 0 bridgehead atoms. The minimum Gasteiger partial charge on any atom is -0.395 e. The zero-order chi connectivity index (χ0) is 7.23. The Kier molecular flexibility index (Phi) is 4.18. The van der Waals surface area contributed by atoms with Crippen LogP contribution in [0.25, 0.3) is 0 Å². The van der Waals surface area contributed by atoms with Gasteiger partial charge in [0.1, 0.15) is 0 Å². The van der Waals surface area contributed by atoms with Crippen LogP contribution in [0, 0.1) is 0 Å². The van der Waals surface area contributed by atoms with Crippen LogP contribution in [0.3, 0.4) is 0 Å². The van der Waals surface area contributed by atoms with Crippen LogP contribution in [0.2, 0.25) is 0 Å². The van der Waals surface area contributed by atoms with Crippen molar-refractivity contribution >= 4 is 11.9 Å². The topological polar surface area (TPSA) is 23.5 Å². The van der Waals surface area contributed by atoms with Crippen molar-refractivity contribution in [1.82, 2.24) is 4.31 Å². The van der Waals surface area contributed by atoms with Crippen LogP contribution in [0.4, 0.5) is 0 Å². The second-order valence-corrected chi connectivity index (χ2v) is 3.73. The number of hydrogen-bond donors (Lipinski definition) is 1. The maximum Gasteiger partial charge on any atom is 0.0567 e. The molecule has 0 atom stereocenters. The van der Waals surface area contributed by atoms with Crippen LogP contribution in [-0.4, -0.2) is 34.9 Å². The van der Waals surface area contributed by atoms with Crippen molar-refractivity contribution in [2.75, 3.05) is 25.4 Å². The standard InChI is InChI=1S/C7H15NOS/c9-6-5-8-4-2-1-3-7-10-8/h9H,1-7H2. The van der Waals surface area contributed by atoms with Crippen molar-refractivity contribution < 1.29 is 5.11 Å². The van der Waals surface area contributed by atoms with Crippen molar-refractivity contribution in [2.45, 2.75) is 19.3 Å². The fourth-order valence-electron chi connectivity index (χ4n) is 1.11. The van der Waals surface area contributed by atoms with Gasteiger partial charge in [-0.05, 0) is 12.8 Å². The average molecular weight is 161 g/mol. The van der Waals surface area contributed by atoms with Crippen molar-refractivity contribution in [1.29, 1.82) is 0 Å². The Morgan fingerprint density at radius 2 is 2.20 bits per heavy atom. The van der Waals surface area contributed by atoms with Gasteiger partial charge in [-0.2, -0.15) is 0 Å². The van der Waals surface area contributed by atoms with Gasteiger partial charge in [-0.15, -0.1) is 0 Å². The number of nitrogens with zero attached hydrogens (tertiary/aromatic N) is 1. The number of aliphatic hydroxyl groups excluding tert-OH is 1. The SMILES string of the molecule is OCCN1CCCCCS1. The van der Waals surface area contributed by atoms with Gasteiger partial charge in [-0.25, -0.2) is 4.31 Å². The largest absolute Gasteiger partial charge is 0.395 e. The molecule has 0 spiro atoms. The van der Waals surface area contributed by atoms with Crippen molar-refractivity contribution in [3.05, 3.63) is 0 Å². The summed E-state index contributed by atoms with van der Waals surface area (Å²) in [6, 6.07) is 0. The Morgan fingerprint density at radius 1 is 1.30 bits per heavy atom. The van der Waals surface area contributed by atoms with Gasteiger partial charge in [0, 0.05) is 18.8 Å². The van der Waals surface area contributed by atoms with Gasteiger partial charge in [0.05, 0.1) is 6.61 Å². The Bertz CT molecular complexity index is 81.7. The smallest absolute Gasteiger partial charge is 0.0567 e. The van der Waals surface area contributed by atoms with E-state index in [-0.39, 0.29) is 0 Å². The van der Waals surface area contributed by atoms with E-state index in [2.05, 4.69) is 4.31 Å². The monoisotopic (exact) mass is 161 g/mol. The summed E-state index contributed by atoms with van der Waals surface area (Å²) in [5.74, 6) is 1.24. The highest BCUT2D eigenvalue weighted by molar-refractivity contribution is 7.97. The molecule has 1 saturated heterocycles. The lowest BCUT2D eigenvalue weighted by molar-refractivity contribution is 0.261. The number of rotatable bonds is 2. The molecule has 1 fully saturated rings. The van der Waals surface area contributed by atoms with Gasteiger partial charge in [0.25, 0.3) is 0 Å². The van der Waals surface area contributed by atoms with E-state index < -0.39 is 0 Å². The molecule has 0 aromatic heterocycles. The van der Waals surface area contributed by atoms with Crippen LogP contribution in [0.15, 0.2) is 0 Å². The summed E-state index contributed by atoms with van der Waals surface area (Å²) in [7, 11) is 0. The number of hydrogen-bond acceptors (Lipinski definition) is 3. The highest BCUT2D eigenvalue weighted by Gasteiger charge is 2.07. The highest BCUT2D eigenvalue weighted by Crippen LogP contribution is 2.17. The van der Waals surface area contributed by atoms with E-state index in [1.165, 1.54) is 25.0 Å². The molecule has 1 N–H and O–H groups in total. The molecule has 0 radical (unpaired) electrons. The van der Waals surface area contributed by atoms with E-state index in [9.17, 15) is 0 Å². The number of aliphatic hydroxyl groups is 1. The third kappa shape index (κ3) is 2.90. The zero-order valence-corrected chi connectivity index (χ0v) is 7.07. The van der Waals surface area contributed by atoms with Crippen LogP contribution >= 0.6 is 11.9 Å². The molecule has 0 aliphatic carbocycles. The third-order valence-electron chi connectivity index (χ3n) is 1.68. The van der Waals surface area contributed by atoms with E-state index in [0.717, 1.165) is 13.1 Å². The molecule has 0 saturated carbocycles. The first kappa shape index (κ1) is 8.37. The van der Waals surface area contributed by atoms with Crippen molar-refractivity contribution in [2.24, 2.45) is 0 Å². The molecule has 0 unspecified atom stereocenters. The first-order valence-electron chi connectivity index (χ1n) is 3.92. The van der Waals surface area contributed by atoms with Gasteiger partial charge in [-0.3, -0.25) is 0 Å². The van der Waals surface area contributed by atoms with Gasteiger partial charge < -0.3 is 5.11 Å². The first-order chi connectivity index (χ1) is 4.93. The fraction of sp³-hybridized carbons (Fsp3) is 1.00. The summed E-state index contributed by atoms with van der Waals surface area (Å²) in [6.07, 6.45) is 3.99. The summed E-state index contributed by atoms with van der Waals surface area (Å²) in [6.45, 7) is 2.29. The van der Waals surface area contributed by atoms with Crippen LogP contribution in [-0.2, 0) is 0 Å². The second kappa shape index (κ2) is 4.99. The molecule has 1 aliphatic heterocycles. The summed E-state index contributed by atoms with van der Waals surface area (Å²) < 4.78 is 2.27. The first-order valence-corrected chi connectivity index (χ1v) is 4.86. The summed E-state index contributed by atoms with van der Waals surface area (Å²) in [5, 5.41) is 8.66. The molecule has 1 heterocycles. The second-order valence-electron chi connectivity index (χ2n) is 2.55. The predicted octanol–water partition coefficient (Wildman–Crippen LogP) is 1.11. The van der Waals surface area contributed by atoms with E-state index in [4.69, 9.17) is 5.11 Å². The average Bonchev–Trinajstić information content (AvgIpc) is 2.17. The molecular formula is C7H15NOS. The Labute approximate surface area is 66.7 Å². The lowest BCUT2D eigenvalue weighted by Crippen LogP contribution is -2.19. The van der Waals surface area contributed by atoms with Crippen LogP contribution < -0.4 is 0 Å². The predicted molar refractivity (Wildman–Crippen MR) is 45.0 cm³/mol. The van der Waals surface area contributed by atoms with E-state index in [0.29, 0.717) is 6.61 Å². The molecule has 1 rings (SSSR count). The molecule has 1 aliphatic rings. The van der Waals surface area contributed by atoms with E-state index >= 15 is 0 Å². The Hall–Kier alpha value is 0.270. The molecule has 60 valence electrons. The number of β-amino-alcohol motifs (C(OH)–C–C–N with tert-alkyl or cyclic N) is 1. The van der Waals surface area contributed by atoms with Gasteiger partial charge in [0.15, 0.2) is 0 Å². The van der Waals surface area contributed by atoms with Gasteiger partial charge in [0.2, 0.25) is 0 Å². The van der Waals surface area contributed by atoms with Crippen LogP contribution in [0.1, 0.15) is 19.3 Å². The molecule has 3 heteroatoms. The van der Waals surface area contributed by atoms with Crippen molar-refractivity contribution in [3.63, 3.8) is 0 Å². The Balaban J connectivity index is 2.15. The fourth-order valence-corrected chi connectivity index (χ4v) is 2.17. The summed E-state index contributed by atoms with van der Waals surface area (Å²) in [5.41, 5.74) is 0. The molecule has 2 nitrogen and oxygen atoms in total. The normalized spacial score (nSPS) is 22.5. The zero-order valence-electron chi connectivity index (χ0n) is 6.25. The molecule has 10 heavy (non-hydrogen) atoms. The van der Waals surface area contributed by atoms with Gasteiger partial charge in [-0.1, -0.05) is 18.4 Å². The third-order valence-corrected chi connectivity index (χ3v) is 2.88. The maximum atomic E-state index is 8.66. The van der Waals surface area contributed by atoms with E-state index in [1.807, 2.05) is 11.9 Å². The minimum absolute atomic E-state index is 0.299.